The van der Waals surface area contributed by atoms with Gasteiger partial charge in [-0.2, -0.15) is 0 Å². The monoisotopic (exact) mass is 536 g/mol. The SMILES string of the molecule is C#CCOCCOCCOCCOCCOCCOCCOCCOCCOC(=O)CCCCC(=O)O. The first-order valence-corrected chi connectivity index (χ1v) is 12.6. The summed E-state index contributed by atoms with van der Waals surface area (Å²) in [7, 11) is 0. The van der Waals surface area contributed by atoms with Crippen LogP contribution in [0.4, 0.5) is 0 Å². The van der Waals surface area contributed by atoms with Crippen LogP contribution in [0.5, 0.6) is 0 Å². The standard InChI is InChI=1S/C25H44O12/c1-2-7-29-8-9-30-10-11-31-12-13-32-14-15-33-16-17-34-18-19-35-20-21-36-22-23-37-25(28)6-4-3-5-24(26)27/h1H,3-23H2,(H,26,27). The van der Waals surface area contributed by atoms with Crippen molar-refractivity contribution in [3.63, 3.8) is 0 Å². The third-order valence-corrected chi connectivity index (χ3v) is 4.30. The molecule has 1 N–H and O–H groups in total. The molecule has 0 aromatic carbocycles. The van der Waals surface area contributed by atoms with Gasteiger partial charge < -0.3 is 47.7 Å². The van der Waals surface area contributed by atoms with Gasteiger partial charge in [0.1, 0.15) is 13.2 Å². The number of aliphatic carboxylic acids is 1. The summed E-state index contributed by atoms with van der Waals surface area (Å²) in [6.07, 6.45) is 6.31. The van der Waals surface area contributed by atoms with E-state index in [-0.39, 0.29) is 32.0 Å². The summed E-state index contributed by atoms with van der Waals surface area (Å²) >= 11 is 0. The zero-order valence-corrected chi connectivity index (χ0v) is 21.9. The van der Waals surface area contributed by atoms with Crippen LogP contribution in [0.3, 0.4) is 0 Å². The molecule has 0 fully saturated rings. The predicted molar refractivity (Wildman–Crippen MR) is 132 cm³/mol. The van der Waals surface area contributed by atoms with Gasteiger partial charge in [0.25, 0.3) is 0 Å². The van der Waals surface area contributed by atoms with Gasteiger partial charge in [-0.25, -0.2) is 0 Å². The second kappa shape index (κ2) is 30.4. The van der Waals surface area contributed by atoms with Crippen LogP contribution < -0.4 is 0 Å². The second-order valence-electron chi connectivity index (χ2n) is 7.36. The minimum Gasteiger partial charge on any atom is -0.481 e. The van der Waals surface area contributed by atoms with E-state index >= 15 is 0 Å². The van der Waals surface area contributed by atoms with Crippen LogP contribution in [0.15, 0.2) is 0 Å². The Hall–Kier alpha value is -1.82. The first kappa shape index (κ1) is 35.2. The molecule has 216 valence electrons. The number of unbranched alkanes of at least 4 members (excludes halogenated alkanes) is 1. The molecule has 0 aromatic heterocycles. The topological polar surface area (TPSA) is 137 Å². The summed E-state index contributed by atoms with van der Waals surface area (Å²) in [6.45, 7) is 7.34. The van der Waals surface area contributed by atoms with Crippen molar-refractivity contribution in [2.45, 2.75) is 25.7 Å². The van der Waals surface area contributed by atoms with Crippen molar-refractivity contribution in [2.24, 2.45) is 0 Å². The molecule has 0 rings (SSSR count). The molecule has 0 aliphatic heterocycles. The Balaban J connectivity index is 3.10. The van der Waals surface area contributed by atoms with Crippen molar-refractivity contribution in [1.82, 2.24) is 0 Å². The summed E-state index contributed by atoms with van der Waals surface area (Å²) in [5.74, 6) is 1.18. The van der Waals surface area contributed by atoms with E-state index in [1.807, 2.05) is 0 Å². The van der Waals surface area contributed by atoms with Crippen LogP contribution in [-0.2, 0) is 52.2 Å². The minimum atomic E-state index is -0.862. The van der Waals surface area contributed by atoms with E-state index in [2.05, 4.69) is 5.92 Å². The molecule has 0 aliphatic rings. The zero-order chi connectivity index (χ0) is 27.1. The van der Waals surface area contributed by atoms with Crippen LogP contribution in [0.1, 0.15) is 25.7 Å². The fourth-order valence-corrected chi connectivity index (χ4v) is 2.50. The lowest BCUT2D eigenvalue weighted by Crippen LogP contribution is -2.15. The Kier molecular flexibility index (Phi) is 28.9. The number of carboxylic acid groups (broad SMARTS) is 1. The van der Waals surface area contributed by atoms with Gasteiger partial charge in [0, 0.05) is 12.8 Å². The van der Waals surface area contributed by atoms with Crippen molar-refractivity contribution in [2.75, 3.05) is 112 Å². The largest absolute Gasteiger partial charge is 0.481 e. The average molecular weight is 537 g/mol. The maximum absolute atomic E-state index is 11.4. The molecule has 12 nitrogen and oxygen atoms in total. The van der Waals surface area contributed by atoms with E-state index < -0.39 is 5.97 Å². The molecule has 12 heteroatoms. The lowest BCUT2D eigenvalue weighted by molar-refractivity contribution is -0.146. The van der Waals surface area contributed by atoms with E-state index in [0.717, 1.165) is 0 Å². The first-order valence-electron chi connectivity index (χ1n) is 12.6. The lowest BCUT2D eigenvalue weighted by Gasteiger charge is -2.08. The number of esters is 1. The molecule has 0 saturated heterocycles. The fourth-order valence-electron chi connectivity index (χ4n) is 2.50. The number of ether oxygens (including phenoxy) is 9. The van der Waals surface area contributed by atoms with E-state index in [4.69, 9.17) is 54.2 Å². The minimum absolute atomic E-state index is 0.0623. The van der Waals surface area contributed by atoms with Crippen molar-refractivity contribution in [3.05, 3.63) is 0 Å². The van der Waals surface area contributed by atoms with Gasteiger partial charge in [-0.1, -0.05) is 5.92 Å². The van der Waals surface area contributed by atoms with Gasteiger partial charge in [0.15, 0.2) is 0 Å². The Bertz CT molecular complexity index is 552. The number of terminal acetylenes is 1. The summed E-state index contributed by atoms with van der Waals surface area (Å²) in [5, 5.41) is 8.52. The van der Waals surface area contributed by atoms with Crippen LogP contribution in [0.25, 0.3) is 0 Å². The normalized spacial score (nSPS) is 10.9. The van der Waals surface area contributed by atoms with Gasteiger partial charge in [-0.05, 0) is 12.8 Å². The first-order chi connectivity index (χ1) is 18.2. The molecule has 0 spiro atoms. The van der Waals surface area contributed by atoms with Gasteiger partial charge in [0.05, 0.1) is 99.1 Å². The summed E-state index contributed by atoms with van der Waals surface area (Å²) < 4.78 is 47.7. The van der Waals surface area contributed by atoms with E-state index in [9.17, 15) is 9.59 Å². The van der Waals surface area contributed by atoms with Crippen molar-refractivity contribution >= 4 is 11.9 Å². The summed E-state index contributed by atoms with van der Waals surface area (Å²) in [5.41, 5.74) is 0. The smallest absolute Gasteiger partial charge is 0.305 e. The maximum Gasteiger partial charge on any atom is 0.305 e. The van der Waals surface area contributed by atoms with Crippen LogP contribution in [-0.4, -0.2) is 129 Å². The van der Waals surface area contributed by atoms with E-state index in [1.165, 1.54) is 0 Å². The Morgan fingerprint density at radius 2 is 0.838 bits per heavy atom. The van der Waals surface area contributed by atoms with Gasteiger partial charge >= 0.3 is 11.9 Å². The molecule has 37 heavy (non-hydrogen) atoms. The lowest BCUT2D eigenvalue weighted by atomic mass is 10.2. The molecule has 0 bridgehead atoms. The number of hydrogen-bond donors (Lipinski definition) is 1. The molecule has 0 atom stereocenters. The van der Waals surface area contributed by atoms with Gasteiger partial charge in [-0.15, -0.1) is 6.42 Å². The average Bonchev–Trinajstić information content (AvgIpc) is 2.88. The molecule has 0 unspecified atom stereocenters. The van der Waals surface area contributed by atoms with E-state index in [1.54, 1.807) is 0 Å². The summed E-state index contributed by atoms with van der Waals surface area (Å²) in [6, 6.07) is 0. The number of carboxylic acids is 1. The molecule has 0 radical (unpaired) electrons. The third-order valence-electron chi connectivity index (χ3n) is 4.30. The number of carbonyl (C=O) groups is 2. The van der Waals surface area contributed by atoms with Crippen LogP contribution in [0, 0.1) is 12.3 Å². The molecule has 0 saturated carbocycles. The highest BCUT2D eigenvalue weighted by molar-refractivity contribution is 5.69. The molecule has 0 aliphatic carbocycles. The van der Waals surface area contributed by atoms with Gasteiger partial charge in [0.2, 0.25) is 0 Å². The predicted octanol–water partition coefficient (Wildman–Crippen LogP) is 0.941. The Morgan fingerprint density at radius 1 is 0.514 bits per heavy atom. The van der Waals surface area contributed by atoms with Crippen molar-refractivity contribution in [3.8, 4) is 12.3 Å². The highest BCUT2D eigenvalue weighted by Crippen LogP contribution is 2.01. The van der Waals surface area contributed by atoms with E-state index in [0.29, 0.717) is 112 Å². The molecule has 0 heterocycles. The Labute approximate surface area is 220 Å². The third kappa shape index (κ3) is 32.2. The van der Waals surface area contributed by atoms with Crippen molar-refractivity contribution in [1.29, 1.82) is 0 Å². The van der Waals surface area contributed by atoms with Crippen LogP contribution >= 0.6 is 0 Å². The fraction of sp³-hybridized carbons (Fsp3) is 0.840. The van der Waals surface area contributed by atoms with Gasteiger partial charge in [-0.3, -0.25) is 9.59 Å². The zero-order valence-electron chi connectivity index (χ0n) is 21.9. The van der Waals surface area contributed by atoms with Crippen molar-refractivity contribution < 1.29 is 57.3 Å². The van der Waals surface area contributed by atoms with Crippen LogP contribution in [0.2, 0.25) is 0 Å². The molecule has 0 amide bonds. The highest BCUT2D eigenvalue weighted by atomic mass is 16.6. The molecular weight excluding hydrogens is 492 g/mol. The molecular formula is C25H44O12. The number of hydrogen-bond acceptors (Lipinski definition) is 11. The second-order valence-corrected chi connectivity index (χ2v) is 7.36. The maximum atomic E-state index is 11.4. The number of carbonyl (C=O) groups excluding carboxylic acids is 1. The number of rotatable bonds is 30. The molecule has 0 aromatic rings. The quantitative estimate of drug-likeness (QED) is 0.0794. The highest BCUT2D eigenvalue weighted by Gasteiger charge is 2.04. The summed E-state index contributed by atoms with van der Waals surface area (Å²) in [4.78, 5) is 21.8. The Morgan fingerprint density at radius 3 is 1.19 bits per heavy atom.